The first-order valence-corrected chi connectivity index (χ1v) is 8.64. The fourth-order valence-electron chi connectivity index (χ4n) is 2.59. The van der Waals surface area contributed by atoms with Gasteiger partial charge < -0.3 is 10.6 Å². The molecule has 0 heterocycles. The van der Waals surface area contributed by atoms with Crippen molar-refractivity contribution >= 4 is 23.0 Å². The van der Waals surface area contributed by atoms with Gasteiger partial charge in [0, 0.05) is 5.69 Å². The van der Waals surface area contributed by atoms with Crippen LogP contribution in [0, 0.1) is 13.8 Å². The van der Waals surface area contributed by atoms with Crippen LogP contribution in [-0.2, 0) is 6.42 Å². The van der Waals surface area contributed by atoms with Crippen LogP contribution in [0.1, 0.15) is 48.6 Å². The summed E-state index contributed by atoms with van der Waals surface area (Å²) in [6.45, 7) is 8.55. The van der Waals surface area contributed by atoms with Crippen molar-refractivity contribution in [2.45, 2.75) is 46.6 Å². The fourth-order valence-corrected chi connectivity index (χ4v) is 2.87. The van der Waals surface area contributed by atoms with Gasteiger partial charge in [0.05, 0.1) is 6.04 Å². The van der Waals surface area contributed by atoms with Crippen molar-refractivity contribution in [1.82, 2.24) is 5.32 Å². The Morgan fingerprint density at radius 2 is 1.78 bits per heavy atom. The summed E-state index contributed by atoms with van der Waals surface area (Å²) in [5.41, 5.74) is 6.19. The number of nitrogens with one attached hydrogen (secondary N) is 2. The normalized spacial score (nSPS) is 11.8. The molecule has 1 unspecified atom stereocenters. The predicted molar refractivity (Wildman–Crippen MR) is 104 cm³/mol. The van der Waals surface area contributed by atoms with Gasteiger partial charge in [0.1, 0.15) is 0 Å². The standard InChI is InChI=1S/C20H26N2S/c1-5-7-17-10-12-18(13-11-17)16(4)21-20(23)22-19-9-6-8-14(2)15(19)3/h6,8-13,16H,5,7H2,1-4H3,(H2,21,22,23). The SMILES string of the molecule is CCCc1ccc(C(C)NC(=S)Nc2cccc(C)c2C)cc1. The fraction of sp³-hybridized carbons (Fsp3) is 0.350. The van der Waals surface area contributed by atoms with Gasteiger partial charge in [-0.05, 0) is 67.7 Å². The Hall–Kier alpha value is -1.87. The molecule has 1 atom stereocenters. The zero-order chi connectivity index (χ0) is 16.8. The van der Waals surface area contributed by atoms with Crippen molar-refractivity contribution in [2.24, 2.45) is 0 Å². The molecule has 0 saturated carbocycles. The van der Waals surface area contributed by atoms with Gasteiger partial charge in [0.2, 0.25) is 0 Å². The molecule has 0 saturated heterocycles. The lowest BCUT2D eigenvalue weighted by molar-refractivity contribution is 0.721. The van der Waals surface area contributed by atoms with Crippen LogP contribution in [0.4, 0.5) is 5.69 Å². The molecule has 0 aliphatic heterocycles. The van der Waals surface area contributed by atoms with E-state index in [1.165, 1.54) is 28.7 Å². The molecule has 0 fully saturated rings. The van der Waals surface area contributed by atoms with Crippen LogP contribution in [0.3, 0.4) is 0 Å². The summed E-state index contributed by atoms with van der Waals surface area (Å²) in [5.74, 6) is 0. The number of benzene rings is 2. The van der Waals surface area contributed by atoms with Gasteiger partial charge in [0.15, 0.2) is 5.11 Å². The molecule has 2 N–H and O–H groups in total. The molecule has 2 rings (SSSR count). The summed E-state index contributed by atoms with van der Waals surface area (Å²) < 4.78 is 0. The smallest absolute Gasteiger partial charge is 0.171 e. The molecule has 2 aromatic rings. The molecule has 122 valence electrons. The van der Waals surface area contributed by atoms with Gasteiger partial charge in [-0.25, -0.2) is 0 Å². The number of aryl methyl sites for hydroxylation is 2. The van der Waals surface area contributed by atoms with Crippen LogP contribution >= 0.6 is 12.2 Å². The minimum atomic E-state index is 0.177. The zero-order valence-corrected chi connectivity index (χ0v) is 15.3. The quantitative estimate of drug-likeness (QED) is 0.729. The van der Waals surface area contributed by atoms with Crippen LogP contribution in [0.15, 0.2) is 42.5 Å². The molecular formula is C20H26N2S. The molecule has 0 bridgehead atoms. The highest BCUT2D eigenvalue weighted by molar-refractivity contribution is 7.80. The van der Waals surface area contributed by atoms with E-state index in [1.807, 2.05) is 6.07 Å². The Labute approximate surface area is 145 Å². The van der Waals surface area contributed by atoms with Crippen molar-refractivity contribution in [2.75, 3.05) is 5.32 Å². The third kappa shape index (κ3) is 4.80. The van der Waals surface area contributed by atoms with Crippen molar-refractivity contribution in [3.05, 3.63) is 64.7 Å². The number of rotatable bonds is 5. The Bertz CT molecular complexity index is 662. The van der Waals surface area contributed by atoms with E-state index in [1.54, 1.807) is 0 Å². The summed E-state index contributed by atoms with van der Waals surface area (Å²) in [6, 6.07) is 15.2. The maximum atomic E-state index is 5.46. The van der Waals surface area contributed by atoms with Crippen molar-refractivity contribution < 1.29 is 0 Å². The maximum absolute atomic E-state index is 5.46. The highest BCUT2D eigenvalue weighted by atomic mass is 32.1. The van der Waals surface area contributed by atoms with Crippen LogP contribution in [0.25, 0.3) is 0 Å². The third-order valence-corrected chi connectivity index (χ3v) is 4.44. The van der Waals surface area contributed by atoms with Gasteiger partial charge in [0.25, 0.3) is 0 Å². The predicted octanol–water partition coefficient (Wildman–Crippen LogP) is 5.30. The van der Waals surface area contributed by atoms with Crippen molar-refractivity contribution in [3.8, 4) is 0 Å². The molecule has 0 spiro atoms. The van der Waals surface area contributed by atoms with E-state index < -0.39 is 0 Å². The highest BCUT2D eigenvalue weighted by Crippen LogP contribution is 2.19. The molecule has 2 nitrogen and oxygen atoms in total. The summed E-state index contributed by atoms with van der Waals surface area (Å²) >= 11 is 5.46. The van der Waals surface area contributed by atoms with Gasteiger partial charge in [-0.2, -0.15) is 0 Å². The number of thiocarbonyl (C=S) groups is 1. The highest BCUT2D eigenvalue weighted by Gasteiger charge is 2.08. The Morgan fingerprint density at radius 3 is 2.43 bits per heavy atom. The van der Waals surface area contributed by atoms with E-state index in [2.05, 4.69) is 74.7 Å². The first-order chi connectivity index (χ1) is 11.0. The van der Waals surface area contributed by atoms with E-state index in [0.717, 1.165) is 12.1 Å². The minimum absolute atomic E-state index is 0.177. The average molecular weight is 327 g/mol. The lowest BCUT2D eigenvalue weighted by Gasteiger charge is -2.19. The lowest BCUT2D eigenvalue weighted by atomic mass is 10.0. The van der Waals surface area contributed by atoms with Gasteiger partial charge in [-0.3, -0.25) is 0 Å². The molecule has 3 heteroatoms. The minimum Gasteiger partial charge on any atom is -0.356 e. The van der Waals surface area contributed by atoms with Crippen molar-refractivity contribution in [3.63, 3.8) is 0 Å². The number of hydrogen-bond donors (Lipinski definition) is 2. The second-order valence-electron chi connectivity index (χ2n) is 6.06. The van der Waals surface area contributed by atoms with E-state index >= 15 is 0 Å². The third-order valence-electron chi connectivity index (χ3n) is 4.22. The molecule has 0 radical (unpaired) electrons. The molecule has 2 aromatic carbocycles. The van der Waals surface area contributed by atoms with Crippen LogP contribution in [0.2, 0.25) is 0 Å². The molecule has 23 heavy (non-hydrogen) atoms. The Balaban J connectivity index is 1.97. The summed E-state index contributed by atoms with van der Waals surface area (Å²) in [4.78, 5) is 0. The Morgan fingerprint density at radius 1 is 1.09 bits per heavy atom. The monoisotopic (exact) mass is 326 g/mol. The van der Waals surface area contributed by atoms with Crippen LogP contribution in [-0.4, -0.2) is 5.11 Å². The summed E-state index contributed by atoms with van der Waals surface area (Å²) in [6.07, 6.45) is 2.31. The molecule has 0 aliphatic rings. The summed E-state index contributed by atoms with van der Waals surface area (Å²) in [7, 11) is 0. The molecular weight excluding hydrogens is 300 g/mol. The van der Waals surface area contributed by atoms with Crippen LogP contribution < -0.4 is 10.6 Å². The first kappa shape index (κ1) is 17.5. The van der Waals surface area contributed by atoms with E-state index in [0.29, 0.717) is 5.11 Å². The largest absolute Gasteiger partial charge is 0.356 e. The van der Waals surface area contributed by atoms with E-state index in [4.69, 9.17) is 12.2 Å². The summed E-state index contributed by atoms with van der Waals surface area (Å²) in [5, 5.41) is 7.32. The maximum Gasteiger partial charge on any atom is 0.171 e. The topological polar surface area (TPSA) is 24.1 Å². The second kappa shape index (κ2) is 8.11. The van der Waals surface area contributed by atoms with Gasteiger partial charge in [-0.15, -0.1) is 0 Å². The Kier molecular flexibility index (Phi) is 6.17. The molecule has 0 amide bonds. The van der Waals surface area contributed by atoms with Gasteiger partial charge >= 0.3 is 0 Å². The molecule has 0 aliphatic carbocycles. The second-order valence-corrected chi connectivity index (χ2v) is 6.47. The number of hydrogen-bond acceptors (Lipinski definition) is 1. The number of anilines is 1. The zero-order valence-electron chi connectivity index (χ0n) is 14.4. The van der Waals surface area contributed by atoms with Crippen molar-refractivity contribution in [1.29, 1.82) is 0 Å². The lowest BCUT2D eigenvalue weighted by Crippen LogP contribution is -2.31. The van der Waals surface area contributed by atoms with Crippen LogP contribution in [0.5, 0.6) is 0 Å². The van der Waals surface area contributed by atoms with Gasteiger partial charge in [-0.1, -0.05) is 49.7 Å². The first-order valence-electron chi connectivity index (χ1n) is 8.23. The molecule has 0 aromatic heterocycles. The van der Waals surface area contributed by atoms with E-state index in [9.17, 15) is 0 Å². The average Bonchev–Trinajstić information content (AvgIpc) is 2.53. The van der Waals surface area contributed by atoms with E-state index in [-0.39, 0.29) is 6.04 Å².